The molecule has 1 aliphatic heterocycles. The summed E-state index contributed by atoms with van der Waals surface area (Å²) in [6, 6.07) is 8.88. The molecular weight excluding hydrogens is 411 g/mol. The number of aliphatic imine (C=N–C) groups is 1. The van der Waals surface area contributed by atoms with Crippen molar-refractivity contribution < 1.29 is 19.8 Å². The summed E-state index contributed by atoms with van der Waals surface area (Å²) in [4.78, 5) is 29.5. The van der Waals surface area contributed by atoms with Crippen LogP contribution in [0.1, 0.15) is 15.9 Å². The topological polar surface area (TPSA) is 93.0 Å². The quantitative estimate of drug-likeness (QED) is 0.755. The summed E-state index contributed by atoms with van der Waals surface area (Å²) in [7, 11) is 1.58. The van der Waals surface area contributed by atoms with Crippen LogP contribution in [0.4, 0.5) is 5.69 Å². The van der Waals surface area contributed by atoms with Gasteiger partial charge in [-0.15, -0.1) is 0 Å². The van der Waals surface area contributed by atoms with Gasteiger partial charge in [0.15, 0.2) is 5.17 Å². The minimum Gasteiger partial charge on any atom is -0.870 e. The van der Waals surface area contributed by atoms with E-state index in [2.05, 4.69) is 4.99 Å². The molecule has 0 aliphatic carbocycles. The second-order valence-corrected chi connectivity index (χ2v) is 7.36. The van der Waals surface area contributed by atoms with E-state index in [9.17, 15) is 14.7 Å². The Morgan fingerprint density at radius 3 is 2.37 bits per heavy atom. The Balaban J connectivity index is 1.89. The van der Waals surface area contributed by atoms with Gasteiger partial charge < -0.3 is 10.2 Å². The van der Waals surface area contributed by atoms with Gasteiger partial charge in [0.25, 0.3) is 5.91 Å². The first-order valence-electron chi connectivity index (χ1n) is 7.52. The van der Waals surface area contributed by atoms with E-state index >= 15 is 0 Å². The number of rotatable bonds is 3. The number of thioether (sulfide) groups is 1. The maximum absolute atomic E-state index is 12.4. The predicted molar refractivity (Wildman–Crippen MR) is 105 cm³/mol. The SMILES string of the molecule is CN1C(=O)/C(=C/c2cc(Cl)c([O-])c(Cl)c2)SC1=Nc1ccc(C(=O)O)cc1. The summed E-state index contributed by atoms with van der Waals surface area (Å²) in [6.07, 6.45) is 1.58. The third-order valence-corrected chi connectivity index (χ3v) is 5.28. The van der Waals surface area contributed by atoms with Crippen LogP contribution in [-0.2, 0) is 4.79 Å². The fraction of sp³-hybridized carbons (Fsp3) is 0.0556. The number of carboxylic acids is 1. The number of nitrogens with zero attached hydrogens (tertiary/aromatic N) is 2. The third-order valence-electron chi connectivity index (χ3n) is 3.66. The Morgan fingerprint density at radius 2 is 1.81 bits per heavy atom. The number of carbonyl (C=O) groups is 2. The number of amides is 1. The second-order valence-electron chi connectivity index (χ2n) is 5.53. The fourth-order valence-corrected chi connectivity index (χ4v) is 3.75. The van der Waals surface area contributed by atoms with E-state index < -0.39 is 11.7 Å². The lowest BCUT2D eigenvalue weighted by Crippen LogP contribution is -2.23. The first-order valence-corrected chi connectivity index (χ1v) is 9.09. The maximum atomic E-state index is 12.4. The van der Waals surface area contributed by atoms with Crippen LogP contribution in [-0.4, -0.2) is 34.1 Å². The number of carboxylic acid groups (broad SMARTS) is 1. The van der Waals surface area contributed by atoms with E-state index in [0.717, 1.165) is 11.8 Å². The van der Waals surface area contributed by atoms with Gasteiger partial charge in [0.2, 0.25) is 0 Å². The summed E-state index contributed by atoms with van der Waals surface area (Å²) in [6.45, 7) is 0. The highest BCUT2D eigenvalue weighted by Gasteiger charge is 2.30. The van der Waals surface area contributed by atoms with Crippen LogP contribution in [0.25, 0.3) is 6.08 Å². The molecule has 0 saturated carbocycles. The normalized spacial score (nSPS) is 17.1. The van der Waals surface area contributed by atoms with Crippen LogP contribution in [0.15, 0.2) is 46.3 Å². The number of hydrogen-bond acceptors (Lipinski definition) is 5. The minimum atomic E-state index is -1.02. The van der Waals surface area contributed by atoms with Crippen molar-refractivity contribution in [1.82, 2.24) is 4.90 Å². The van der Waals surface area contributed by atoms with E-state index in [1.807, 2.05) is 0 Å². The molecule has 2 aromatic rings. The standard InChI is InChI=1S/C18H12Cl2N2O4S/c1-22-16(24)14(8-9-6-12(19)15(23)13(20)7-9)27-18(22)21-11-4-2-10(3-5-11)17(25)26/h2-8,23H,1H3,(H,25,26)/p-1/b14-8-,21-18?. The molecule has 1 saturated heterocycles. The lowest BCUT2D eigenvalue weighted by molar-refractivity contribution is -0.268. The lowest BCUT2D eigenvalue weighted by Gasteiger charge is -2.11. The Bertz CT molecular complexity index is 980. The molecule has 3 rings (SSSR count). The summed E-state index contributed by atoms with van der Waals surface area (Å²) in [5.74, 6) is -1.75. The van der Waals surface area contributed by atoms with E-state index in [0.29, 0.717) is 21.3 Å². The number of carbonyl (C=O) groups excluding carboxylic acids is 1. The lowest BCUT2D eigenvalue weighted by atomic mass is 10.2. The molecule has 1 fully saturated rings. The van der Waals surface area contributed by atoms with E-state index in [1.165, 1.54) is 29.2 Å². The first kappa shape index (κ1) is 19.3. The fourth-order valence-electron chi connectivity index (χ4n) is 2.25. The molecule has 0 atom stereocenters. The van der Waals surface area contributed by atoms with Gasteiger partial charge in [-0.25, -0.2) is 9.79 Å². The largest absolute Gasteiger partial charge is 0.870 e. The van der Waals surface area contributed by atoms with Gasteiger partial charge in [-0.05, 0) is 59.8 Å². The Kier molecular flexibility index (Phi) is 5.46. The van der Waals surface area contributed by atoms with Crippen molar-refractivity contribution in [3.05, 3.63) is 62.5 Å². The number of likely N-dealkylation sites (N-methyl/N-ethyl adjacent to an activating group) is 1. The minimum absolute atomic E-state index is 0.0226. The maximum Gasteiger partial charge on any atom is 0.335 e. The molecule has 9 heteroatoms. The highest BCUT2D eigenvalue weighted by molar-refractivity contribution is 8.18. The second kappa shape index (κ2) is 7.64. The molecule has 0 aromatic heterocycles. The van der Waals surface area contributed by atoms with Crippen molar-refractivity contribution in [3.63, 3.8) is 0 Å². The first-order chi connectivity index (χ1) is 12.8. The summed E-state index contributed by atoms with van der Waals surface area (Å²) in [5, 5.41) is 20.9. The highest BCUT2D eigenvalue weighted by atomic mass is 35.5. The number of hydrogen-bond donors (Lipinski definition) is 1. The molecule has 0 unspecified atom stereocenters. The molecule has 0 radical (unpaired) electrons. The van der Waals surface area contributed by atoms with Crippen molar-refractivity contribution in [2.75, 3.05) is 7.05 Å². The molecule has 0 spiro atoms. The molecule has 1 aliphatic rings. The Morgan fingerprint density at radius 1 is 1.22 bits per heavy atom. The van der Waals surface area contributed by atoms with E-state index in [-0.39, 0.29) is 21.5 Å². The molecule has 2 aromatic carbocycles. The molecular formula is C18H11Cl2N2O4S-. The zero-order chi connectivity index (χ0) is 19.7. The molecule has 0 bridgehead atoms. The average Bonchev–Trinajstić information content (AvgIpc) is 2.88. The Hall–Kier alpha value is -2.48. The molecule has 1 heterocycles. The number of amidine groups is 1. The van der Waals surface area contributed by atoms with Gasteiger partial charge in [-0.3, -0.25) is 9.69 Å². The monoisotopic (exact) mass is 421 g/mol. The van der Waals surface area contributed by atoms with Gasteiger partial charge in [-0.2, -0.15) is 0 Å². The van der Waals surface area contributed by atoms with Crippen LogP contribution >= 0.6 is 35.0 Å². The number of halogens is 2. The predicted octanol–water partition coefficient (Wildman–Crippen LogP) is 4.00. The molecule has 27 heavy (non-hydrogen) atoms. The van der Waals surface area contributed by atoms with Crippen LogP contribution in [0, 0.1) is 0 Å². The Labute approximate surface area is 168 Å². The summed E-state index contributed by atoms with van der Waals surface area (Å²) >= 11 is 12.8. The van der Waals surface area contributed by atoms with Gasteiger partial charge in [-0.1, -0.05) is 29.0 Å². The van der Waals surface area contributed by atoms with Crippen LogP contribution in [0.5, 0.6) is 5.75 Å². The van der Waals surface area contributed by atoms with Gasteiger partial charge in [0.05, 0.1) is 16.2 Å². The number of benzene rings is 2. The highest BCUT2D eigenvalue weighted by Crippen LogP contribution is 2.36. The van der Waals surface area contributed by atoms with Gasteiger partial charge in [0.1, 0.15) is 0 Å². The van der Waals surface area contributed by atoms with E-state index in [4.69, 9.17) is 28.3 Å². The molecule has 6 nitrogen and oxygen atoms in total. The van der Waals surface area contributed by atoms with Crippen molar-refractivity contribution in [3.8, 4) is 5.75 Å². The van der Waals surface area contributed by atoms with Crippen LogP contribution in [0.2, 0.25) is 10.0 Å². The van der Waals surface area contributed by atoms with Crippen LogP contribution in [0.3, 0.4) is 0 Å². The van der Waals surface area contributed by atoms with Crippen LogP contribution < -0.4 is 5.11 Å². The van der Waals surface area contributed by atoms with Crippen molar-refractivity contribution in [2.24, 2.45) is 4.99 Å². The van der Waals surface area contributed by atoms with Crippen molar-refractivity contribution >= 4 is 63.8 Å². The van der Waals surface area contributed by atoms with Gasteiger partial charge in [0, 0.05) is 17.1 Å². The van der Waals surface area contributed by atoms with Gasteiger partial charge >= 0.3 is 5.97 Å². The molecule has 1 amide bonds. The third kappa shape index (κ3) is 4.10. The molecule has 138 valence electrons. The smallest absolute Gasteiger partial charge is 0.335 e. The average molecular weight is 422 g/mol. The zero-order valence-corrected chi connectivity index (χ0v) is 16.1. The van der Waals surface area contributed by atoms with E-state index in [1.54, 1.807) is 25.3 Å². The number of aromatic carboxylic acids is 1. The summed E-state index contributed by atoms with van der Waals surface area (Å²) < 4.78 is 0. The molecule has 1 N–H and O–H groups in total. The van der Waals surface area contributed by atoms with Crippen molar-refractivity contribution in [1.29, 1.82) is 0 Å². The van der Waals surface area contributed by atoms with Crippen molar-refractivity contribution in [2.45, 2.75) is 0 Å². The summed E-state index contributed by atoms with van der Waals surface area (Å²) in [5.41, 5.74) is 1.20. The zero-order valence-electron chi connectivity index (χ0n) is 13.8.